The molecule has 5 heteroatoms. The molecule has 0 aliphatic rings. The van der Waals surface area contributed by atoms with Crippen LogP contribution in [0.1, 0.15) is 40.5 Å². The topological polar surface area (TPSA) is 78.4 Å². The Bertz CT molecular complexity index is 252. The second kappa shape index (κ2) is 6.48. The highest BCUT2D eigenvalue weighted by Gasteiger charge is 2.26. The molecule has 3 N–H and O–H groups in total. The molecule has 0 saturated heterocycles. The maximum atomic E-state index is 11.8. The first kappa shape index (κ1) is 14.9. The third kappa shape index (κ3) is 5.70. The Labute approximate surface area is 96.6 Å². The lowest BCUT2D eigenvalue weighted by atomic mass is 10.0. The number of carbonyl (C=O) groups excluding carboxylic acids is 1. The Kier molecular flexibility index (Phi) is 6.03. The summed E-state index contributed by atoms with van der Waals surface area (Å²) in [4.78, 5) is 22.2. The van der Waals surface area contributed by atoms with Crippen LogP contribution in [0.5, 0.6) is 0 Å². The number of nitrogens with one attached hydrogen (secondary N) is 2. The van der Waals surface area contributed by atoms with E-state index in [4.69, 9.17) is 5.11 Å². The summed E-state index contributed by atoms with van der Waals surface area (Å²) >= 11 is 0. The van der Waals surface area contributed by atoms with E-state index in [1.54, 1.807) is 13.8 Å². The lowest BCUT2D eigenvalue weighted by Gasteiger charge is -2.26. The molecular formula is C11H22N2O3. The molecule has 0 radical (unpaired) electrons. The number of likely N-dealkylation sites (N-methyl/N-ethyl adjacent to an activating group) is 1. The molecule has 16 heavy (non-hydrogen) atoms. The van der Waals surface area contributed by atoms with Crippen molar-refractivity contribution >= 4 is 11.9 Å². The second-order valence-corrected chi connectivity index (χ2v) is 4.46. The predicted molar refractivity (Wildman–Crippen MR) is 62.2 cm³/mol. The van der Waals surface area contributed by atoms with Crippen LogP contribution in [0.25, 0.3) is 0 Å². The lowest BCUT2D eigenvalue weighted by Crippen LogP contribution is -2.54. The molecule has 0 aliphatic carbocycles. The van der Waals surface area contributed by atoms with E-state index in [9.17, 15) is 9.59 Å². The first-order valence-corrected chi connectivity index (χ1v) is 5.57. The fourth-order valence-corrected chi connectivity index (χ4v) is 1.34. The second-order valence-electron chi connectivity index (χ2n) is 4.46. The van der Waals surface area contributed by atoms with E-state index in [0.717, 1.165) is 0 Å². The molecule has 0 bridgehead atoms. The van der Waals surface area contributed by atoms with Gasteiger partial charge in [-0.15, -0.1) is 0 Å². The average molecular weight is 230 g/mol. The van der Waals surface area contributed by atoms with Crippen molar-refractivity contribution in [1.29, 1.82) is 0 Å². The van der Waals surface area contributed by atoms with Gasteiger partial charge < -0.3 is 15.7 Å². The van der Waals surface area contributed by atoms with Crippen molar-refractivity contribution in [2.24, 2.45) is 0 Å². The SMILES string of the molecule is CCNC(C)(C)C(=O)NC(C)CCC(=O)O. The standard InChI is InChI=1S/C11H22N2O3/c1-5-12-11(3,4)10(16)13-8(2)6-7-9(14)15/h8,12H,5-7H2,1-4H3,(H,13,16)(H,14,15). The summed E-state index contributed by atoms with van der Waals surface area (Å²) in [5.41, 5.74) is -0.619. The molecule has 0 aliphatic heterocycles. The summed E-state index contributed by atoms with van der Waals surface area (Å²) in [6, 6.07) is -0.124. The van der Waals surface area contributed by atoms with Crippen molar-refractivity contribution in [3.05, 3.63) is 0 Å². The van der Waals surface area contributed by atoms with Crippen molar-refractivity contribution in [2.45, 2.75) is 52.1 Å². The van der Waals surface area contributed by atoms with E-state index in [-0.39, 0.29) is 18.4 Å². The van der Waals surface area contributed by atoms with Gasteiger partial charge in [0, 0.05) is 12.5 Å². The van der Waals surface area contributed by atoms with Gasteiger partial charge in [-0.2, -0.15) is 0 Å². The predicted octanol–water partition coefficient (Wildman–Crippen LogP) is 0.744. The lowest BCUT2D eigenvalue weighted by molar-refractivity contribution is -0.137. The van der Waals surface area contributed by atoms with Crippen LogP contribution in [0.15, 0.2) is 0 Å². The van der Waals surface area contributed by atoms with E-state index >= 15 is 0 Å². The van der Waals surface area contributed by atoms with E-state index in [1.165, 1.54) is 0 Å². The Morgan fingerprint density at radius 3 is 2.38 bits per heavy atom. The highest BCUT2D eigenvalue weighted by atomic mass is 16.4. The number of hydrogen-bond acceptors (Lipinski definition) is 3. The fraction of sp³-hybridized carbons (Fsp3) is 0.818. The zero-order valence-corrected chi connectivity index (χ0v) is 10.5. The molecule has 0 aromatic heterocycles. The van der Waals surface area contributed by atoms with Gasteiger partial charge in [0.1, 0.15) is 0 Å². The number of rotatable bonds is 7. The van der Waals surface area contributed by atoms with Crippen LogP contribution in [0, 0.1) is 0 Å². The highest BCUT2D eigenvalue weighted by molar-refractivity contribution is 5.85. The van der Waals surface area contributed by atoms with Gasteiger partial charge in [0.25, 0.3) is 0 Å². The maximum absolute atomic E-state index is 11.8. The van der Waals surface area contributed by atoms with Crippen LogP contribution in [-0.2, 0) is 9.59 Å². The number of carboxylic acid groups (broad SMARTS) is 1. The smallest absolute Gasteiger partial charge is 0.303 e. The minimum absolute atomic E-state index is 0.0725. The monoisotopic (exact) mass is 230 g/mol. The van der Waals surface area contributed by atoms with Crippen molar-refractivity contribution < 1.29 is 14.7 Å². The Hall–Kier alpha value is -1.10. The molecule has 0 saturated carbocycles. The molecule has 0 aromatic rings. The Morgan fingerprint density at radius 2 is 1.94 bits per heavy atom. The van der Waals surface area contributed by atoms with Gasteiger partial charge in [0.05, 0.1) is 5.54 Å². The number of aliphatic carboxylic acids is 1. The van der Waals surface area contributed by atoms with Crippen LogP contribution >= 0.6 is 0 Å². The van der Waals surface area contributed by atoms with Crippen LogP contribution in [-0.4, -0.2) is 35.1 Å². The minimum atomic E-state index is -0.841. The van der Waals surface area contributed by atoms with Gasteiger partial charge >= 0.3 is 5.97 Å². The highest BCUT2D eigenvalue weighted by Crippen LogP contribution is 2.04. The maximum Gasteiger partial charge on any atom is 0.303 e. The number of carbonyl (C=O) groups is 2. The van der Waals surface area contributed by atoms with Gasteiger partial charge in [-0.25, -0.2) is 0 Å². The van der Waals surface area contributed by atoms with Crippen LogP contribution < -0.4 is 10.6 Å². The molecule has 0 spiro atoms. The zero-order valence-electron chi connectivity index (χ0n) is 10.5. The van der Waals surface area contributed by atoms with Crippen molar-refractivity contribution in [3.8, 4) is 0 Å². The van der Waals surface area contributed by atoms with Gasteiger partial charge in [-0.1, -0.05) is 6.92 Å². The van der Waals surface area contributed by atoms with Crippen molar-refractivity contribution in [3.63, 3.8) is 0 Å². The Balaban J connectivity index is 4.07. The number of hydrogen-bond donors (Lipinski definition) is 3. The molecule has 1 atom stereocenters. The molecule has 0 rings (SSSR count). The van der Waals surface area contributed by atoms with E-state index in [2.05, 4.69) is 10.6 Å². The molecule has 1 unspecified atom stereocenters. The first-order chi connectivity index (χ1) is 7.29. The van der Waals surface area contributed by atoms with Gasteiger partial charge in [-0.05, 0) is 33.7 Å². The van der Waals surface area contributed by atoms with E-state index < -0.39 is 11.5 Å². The summed E-state index contributed by atoms with van der Waals surface area (Å²) in [6.07, 6.45) is 0.520. The molecule has 94 valence electrons. The third-order valence-electron chi connectivity index (χ3n) is 2.36. The largest absolute Gasteiger partial charge is 0.481 e. The summed E-state index contributed by atoms with van der Waals surface area (Å²) in [5.74, 6) is -0.945. The van der Waals surface area contributed by atoms with E-state index in [1.807, 2.05) is 13.8 Å². The quantitative estimate of drug-likeness (QED) is 0.603. The van der Waals surface area contributed by atoms with Crippen molar-refractivity contribution in [1.82, 2.24) is 10.6 Å². The zero-order chi connectivity index (χ0) is 12.8. The summed E-state index contributed by atoms with van der Waals surface area (Å²) in [5, 5.41) is 14.4. The molecule has 0 heterocycles. The molecule has 0 fully saturated rings. The minimum Gasteiger partial charge on any atom is -0.481 e. The van der Waals surface area contributed by atoms with Crippen LogP contribution in [0.3, 0.4) is 0 Å². The summed E-state index contributed by atoms with van der Waals surface area (Å²) in [7, 11) is 0. The van der Waals surface area contributed by atoms with Gasteiger partial charge in [-0.3, -0.25) is 9.59 Å². The first-order valence-electron chi connectivity index (χ1n) is 5.57. The van der Waals surface area contributed by atoms with Crippen LogP contribution in [0.2, 0.25) is 0 Å². The molecule has 5 nitrogen and oxygen atoms in total. The number of carboxylic acids is 1. The molecular weight excluding hydrogens is 208 g/mol. The van der Waals surface area contributed by atoms with Gasteiger partial charge in [0.2, 0.25) is 5.91 Å². The fourth-order valence-electron chi connectivity index (χ4n) is 1.34. The Morgan fingerprint density at radius 1 is 1.38 bits per heavy atom. The molecule has 1 amide bonds. The van der Waals surface area contributed by atoms with Crippen molar-refractivity contribution in [2.75, 3.05) is 6.54 Å². The van der Waals surface area contributed by atoms with Crippen LogP contribution in [0.4, 0.5) is 0 Å². The summed E-state index contributed by atoms with van der Waals surface area (Å²) in [6.45, 7) is 8.06. The van der Waals surface area contributed by atoms with E-state index in [0.29, 0.717) is 13.0 Å². The number of amides is 1. The third-order valence-corrected chi connectivity index (χ3v) is 2.36. The normalized spacial score (nSPS) is 13.2. The molecule has 0 aromatic carbocycles. The van der Waals surface area contributed by atoms with Gasteiger partial charge in [0.15, 0.2) is 0 Å². The average Bonchev–Trinajstić information content (AvgIpc) is 2.14. The summed E-state index contributed by atoms with van der Waals surface area (Å²) < 4.78 is 0.